The Hall–Kier alpha value is -2.08. The molecule has 0 bridgehead atoms. The van der Waals surface area contributed by atoms with E-state index in [0.29, 0.717) is 23.7 Å². The second-order valence-corrected chi connectivity index (χ2v) is 6.66. The molecule has 2 atom stereocenters. The third-order valence-electron chi connectivity index (χ3n) is 4.41. The molecule has 1 aromatic carbocycles. The van der Waals surface area contributed by atoms with Gasteiger partial charge in [-0.3, -0.25) is 4.79 Å². The molecule has 24 heavy (non-hydrogen) atoms. The highest BCUT2D eigenvalue weighted by Crippen LogP contribution is 2.22. The van der Waals surface area contributed by atoms with Gasteiger partial charge in [-0.25, -0.2) is 4.79 Å². The number of urea groups is 1. The fourth-order valence-corrected chi connectivity index (χ4v) is 2.76. The monoisotopic (exact) mass is 332 g/mol. The van der Waals surface area contributed by atoms with E-state index in [1.165, 1.54) is 0 Å². The van der Waals surface area contributed by atoms with Crippen molar-refractivity contribution < 1.29 is 9.59 Å². The maximum absolute atomic E-state index is 12.2. The van der Waals surface area contributed by atoms with Gasteiger partial charge in [0.15, 0.2) is 0 Å². The van der Waals surface area contributed by atoms with E-state index in [9.17, 15) is 9.59 Å². The van der Waals surface area contributed by atoms with E-state index in [4.69, 9.17) is 0 Å². The lowest BCUT2D eigenvalue weighted by atomic mass is 10.0. The molecule has 6 heteroatoms. The molecular weight excluding hydrogens is 304 g/mol. The van der Waals surface area contributed by atoms with Gasteiger partial charge in [0.1, 0.15) is 0 Å². The Bertz CT molecular complexity index is 576. The molecule has 1 fully saturated rings. The Kier molecular flexibility index (Phi) is 6.61. The Balaban J connectivity index is 1.93. The zero-order valence-corrected chi connectivity index (χ0v) is 14.8. The Morgan fingerprint density at radius 1 is 1.25 bits per heavy atom. The average Bonchev–Trinajstić information content (AvgIpc) is 2.93. The Morgan fingerprint density at radius 2 is 1.92 bits per heavy atom. The number of hydrogen-bond donors (Lipinski definition) is 3. The van der Waals surface area contributed by atoms with Crippen molar-refractivity contribution in [1.82, 2.24) is 10.2 Å². The molecule has 0 radical (unpaired) electrons. The lowest BCUT2D eigenvalue weighted by Gasteiger charge is -2.16. The number of nitrogens with zero attached hydrogens (tertiary/aromatic N) is 1. The molecule has 6 nitrogen and oxygen atoms in total. The molecule has 3 N–H and O–H groups in total. The summed E-state index contributed by atoms with van der Waals surface area (Å²) in [4.78, 5) is 26.5. The fourth-order valence-electron chi connectivity index (χ4n) is 2.76. The number of likely N-dealkylation sites (tertiary alicyclic amines) is 1. The van der Waals surface area contributed by atoms with Crippen LogP contribution < -0.4 is 16.0 Å². The van der Waals surface area contributed by atoms with Crippen LogP contribution in [0.2, 0.25) is 0 Å². The first-order valence-electron chi connectivity index (χ1n) is 8.62. The minimum atomic E-state index is -0.237. The number of anilines is 2. The summed E-state index contributed by atoms with van der Waals surface area (Å²) in [6.45, 7) is 5.97. The van der Waals surface area contributed by atoms with Crippen LogP contribution in [0.15, 0.2) is 24.3 Å². The lowest BCUT2D eigenvalue weighted by molar-refractivity contribution is -0.117. The van der Waals surface area contributed by atoms with Crippen molar-refractivity contribution in [1.29, 1.82) is 0 Å². The molecule has 1 aromatic rings. The van der Waals surface area contributed by atoms with Crippen LogP contribution in [0, 0.1) is 5.92 Å². The quantitative estimate of drug-likeness (QED) is 0.750. The maximum atomic E-state index is 12.2. The van der Waals surface area contributed by atoms with E-state index in [1.54, 1.807) is 12.1 Å². The summed E-state index contributed by atoms with van der Waals surface area (Å²) in [5.41, 5.74) is 1.24. The van der Waals surface area contributed by atoms with Crippen LogP contribution in [-0.2, 0) is 4.79 Å². The van der Waals surface area contributed by atoms with Crippen LogP contribution in [0.4, 0.5) is 16.2 Å². The van der Waals surface area contributed by atoms with Gasteiger partial charge >= 0.3 is 6.03 Å². The molecule has 2 unspecified atom stereocenters. The van der Waals surface area contributed by atoms with Gasteiger partial charge in [-0.2, -0.15) is 0 Å². The Labute approximate surface area is 144 Å². The first-order chi connectivity index (χ1) is 11.5. The number of carbonyl (C=O) groups excluding carboxylic acids is 2. The van der Waals surface area contributed by atoms with E-state index in [1.807, 2.05) is 19.2 Å². The van der Waals surface area contributed by atoms with E-state index in [-0.39, 0.29) is 18.0 Å². The van der Waals surface area contributed by atoms with Crippen LogP contribution >= 0.6 is 0 Å². The van der Waals surface area contributed by atoms with Crippen molar-refractivity contribution >= 4 is 23.3 Å². The molecule has 132 valence electrons. The molecule has 0 spiro atoms. The first-order valence-corrected chi connectivity index (χ1v) is 8.62. The SMILES string of the molecule is CCC(C)CC(=O)Nc1ccccc1NC(=O)NC1CCN(C)C1. The highest BCUT2D eigenvalue weighted by atomic mass is 16.2. The second kappa shape index (κ2) is 8.68. The van der Waals surface area contributed by atoms with Crippen molar-refractivity contribution in [3.05, 3.63) is 24.3 Å². The van der Waals surface area contributed by atoms with E-state index >= 15 is 0 Å². The minimum absolute atomic E-state index is 0.0311. The van der Waals surface area contributed by atoms with Gasteiger partial charge in [0.2, 0.25) is 5.91 Å². The van der Waals surface area contributed by atoms with Crippen molar-refractivity contribution in [3.63, 3.8) is 0 Å². The second-order valence-electron chi connectivity index (χ2n) is 6.66. The van der Waals surface area contributed by atoms with Crippen LogP contribution in [0.3, 0.4) is 0 Å². The van der Waals surface area contributed by atoms with E-state index in [2.05, 4.69) is 34.7 Å². The van der Waals surface area contributed by atoms with Gasteiger partial charge in [0, 0.05) is 19.0 Å². The Morgan fingerprint density at radius 3 is 2.50 bits per heavy atom. The van der Waals surface area contributed by atoms with E-state index < -0.39 is 0 Å². The van der Waals surface area contributed by atoms with Crippen molar-refractivity contribution in [2.24, 2.45) is 5.92 Å². The smallest absolute Gasteiger partial charge is 0.319 e. The average molecular weight is 332 g/mol. The van der Waals surface area contributed by atoms with Gasteiger partial charge in [-0.05, 0) is 38.1 Å². The summed E-state index contributed by atoms with van der Waals surface area (Å²) in [7, 11) is 2.04. The topological polar surface area (TPSA) is 73.5 Å². The van der Waals surface area contributed by atoms with E-state index in [0.717, 1.165) is 25.9 Å². The van der Waals surface area contributed by atoms with Crippen LogP contribution in [0.25, 0.3) is 0 Å². The van der Waals surface area contributed by atoms with Gasteiger partial charge in [0.25, 0.3) is 0 Å². The normalized spacial score (nSPS) is 18.9. The zero-order chi connectivity index (χ0) is 17.5. The molecule has 0 saturated carbocycles. The number of amides is 3. The van der Waals surface area contributed by atoms with Crippen LogP contribution in [0.1, 0.15) is 33.1 Å². The first kappa shape index (κ1) is 18.3. The molecule has 1 heterocycles. The standard InChI is InChI=1S/C18H28N4O2/c1-4-13(2)11-17(23)20-15-7-5-6-8-16(15)21-18(24)19-14-9-10-22(3)12-14/h5-8,13-14H,4,9-12H2,1-3H3,(H,20,23)(H2,19,21,24). The number of para-hydroxylation sites is 2. The molecule has 1 aliphatic rings. The summed E-state index contributed by atoms with van der Waals surface area (Å²) >= 11 is 0. The summed E-state index contributed by atoms with van der Waals surface area (Å²) < 4.78 is 0. The summed E-state index contributed by atoms with van der Waals surface area (Å²) in [5, 5.41) is 8.71. The minimum Gasteiger partial charge on any atom is -0.334 e. The van der Waals surface area contributed by atoms with Crippen LogP contribution in [-0.4, -0.2) is 43.0 Å². The number of nitrogens with one attached hydrogen (secondary N) is 3. The molecule has 3 amide bonds. The summed E-state index contributed by atoms with van der Waals surface area (Å²) in [6.07, 6.45) is 2.40. The number of rotatable bonds is 6. The third-order valence-corrected chi connectivity index (χ3v) is 4.41. The van der Waals surface area contributed by atoms with Crippen molar-refractivity contribution in [3.8, 4) is 0 Å². The highest BCUT2D eigenvalue weighted by molar-refractivity contribution is 5.99. The van der Waals surface area contributed by atoms with Gasteiger partial charge in [0.05, 0.1) is 11.4 Å². The van der Waals surface area contributed by atoms with Crippen molar-refractivity contribution in [2.75, 3.05) is 30.8 Å². The molecule has 0 aromatic heterocycles. The van der Waals surface area contributed by atoms with Crippen LogP contribution in [0.5, 0.6) is 0 Å². The summed E-state index contributed by atoms with van der Waals surface area (Å²) in [6, 6.07) is 7.20. The predicted octanol–water partition coefficient (Wildman–Crippen LogP) is 2.89. The number of likely N-dealkylation sites (N-methyl/N-ethyl adjacent to an activating group) is 1. The fraction of sp³-hybridized carbons (Fsp3) is 0.556. The largest absolute Gasteiger partial charge is 0.334 e. The number of carbonyl (C=O) groups is 2. The van der Waals surface area contributed by atoms with Gasteiger partial charge in [-0.15, -0.1) is 0 Å². The summed E-state index contributed by atoms with van der Waals surface area (Å²) in [5.74, 6) is 0.309. The maximum Gasteiger partial charge on any atom is 0.319 e. The number of hydrogen-bond acceptors (Lipinski definition) is 3. The molecule has 0 aliphatic carbocycles. The molecular formula is C18H28N4O2. The van der Waals surface area contributed by atoms with Gasteiger partial charge in [-0.1, -0.05) is 32.4 Å². The predicted molar refractivity (Wildman–Crippen MR) is 97.2 cm³/mol. The molecule has 1 saturated heterocycles. The molecule has 1 aliphatic heterocycles. The third kappa shape index (κ3) is 5.53. The molecule has 2 rings (SSSR count). The highest BCUT2D eigenvalue weighted by Gasteiger charge is 2.21. The lowest BCUT2D eigenvalue weighted by Crippen LogP contribution is -2.39. The zero-order valence-electron chi connectivity index (χ0n) is 14.8. The number of benzene rings is 1. The van der Waals surface area contributed by atoms with Gasteiger partial charge < -0.3 is 20.9 Å². The van der Waals surface area contributed by atoms with Crippen molar-refractivity contribution in [2.45, 2.75) is 39.2 Å².